The summed E-state index contributed by atoms with van der Waals surface area (Å²) in [5.74, 6) is 0.0298. The summed E-state index contributed by atoms with van der Waals surface area (Å²) in [5, 5.41) is 6.04. The molecule has 0 spiro atoms. The molecule has 0 radical (unpaired) electrons. The van der Waals surface area contributed by atoms with Gasteiger partial charge in [0.05, 0.1) is 13.2 Å². The van der Waals surface area contributed by atoms with Crippen molar-refractivity contribution in [2.45, 2.75) is 25.3 Å². The molecule has 1 aliphatic rings. The van der Waals surface area contributed by atoms with Crippen LogP contribution in [0.5, 0.6) is 0 Å². The van der Waals surface area contributed by atoms with Crippen molar-refractivity contribution in [1.82, 2.24) is 10.6 Å². The Morgan fingerprint density at radius 2 is 2.31 bits per heavy atom. The molecule has 0 aromatic carbocycles. The highest BCUT2D eigenvalue weighted by atomic mass is 16.5. The lowest BCUT2D eigenvalue weighted by atomic mass is 10.1. The zero-order chi connectivity index (χ0) is 11.6. The van der Waals surface area contributed by atoms with Gasteiger partial charge in [0.2, 0.25) is 5.91 Å². The van der Waals surface area contributed by atoms with Crippen LogP contribution >= 0.6 is 0 Å². The number of hydrogen-bond acceptors (Lipinski definition) is 4. The Morgan fingerprint density at radius 3 is 3.12 bits per heavy atom. The van der Waals surface area contributed by atoms with E-state index in [2.05, 4.69) is 10.6 Å². The van der Waals surface area contributed by atoms with Gasteiger partial charge in [0.1, 0.15) is 0 Å². The molecule has 0 aliphatic carbocycles. The van der Waals surface area contributed by atoms with E-state index < -0.39 is 0 Å². The van der Waals surface area contributed by atoms with E-state index in [9.17, 15) is 4.79 Å². The number of hydrogen-bond donors (Lipinski definition) is 2. The molecule has 1 unspecified atom stereocenters. The van der Waals surface area contributed by atoms with Crippen molar-refractivity contribution < 1.29 is 14.3 Å². The highest BCUT2D eigenvalue weighted by molar-refractivity contribution is 5.77. The van der Waals surface area contributed by atoms with Gasteiger partial charge in [0.25, 0.3) is 0 Å². The van der Waals surface area contributed by atoms with E-state index in [1.807, 2.05) is 0 Å². The molecule has 1 atom stereocenters. The Labute approximate surface area is 96.9 Å². The fourth-order valence-electron chi connectivity index (χ4n) is 1.70. The second-order valence-electron chi connectivity index (χ2n) is 3.96. The number of nitrogens with one attached hydrogen (secondary N) is 2. The maximum Gasteiger partial charge on any atom is 0.234 e. The Bertz CT molecular complexity index is 192. The standard InChI is InChI=1S/C11H22N2O3/c1-15-8-5-12-11(14)9-13-10-3-2-6-16-7-4-10/h10,13H,2-9H2,1H3,(H,12,14). The third-order valence-corrected chi connectivity index (χ3v) is 2.63. The van der Waals surface area contributed by atoms with E-state index in [1.165, 1.54) is 0 Å². The summed E-state index contributed by atoms with van der Waals surface area (Å²) in [6.45, 7) is 3.16. The van der Waals surface area contributed by atoms with Crippen molar-refractivity contribution in [3.8, 4) is 0 Å². The zero-order valence-electron chi connectivity index (χ0n) is 9.96. The molecule has 5 nitrogen and oxygen atoms in total. The summed E-state index contributed by atoms with van der Waals surface area (Å²) in [5.41, 5.74) is 0. The van der Waals surface area contributed by atoms with Gasteiger partial charge in [0.15, 0.2) is 0 Å². The number of carbonyl (C=O) groups is 1. The first-order valence-corrected chi connectivity index (χ1v) is 5.89. The summed E-state index contributed by atoms with van der Waals surface area (Å²) < 4.78 is 10.2. The molecule has 0 saturated carbocycles. The highest BCUT2D eigenvalue weighted by Crippen LogP contribution is 2.07. The van der Waals surface area contributed by atoms with E-state index in [-0.39, 0.29) is 5.91 Å². The number of ether oxygens (including phenoxy) is 2. The average molecular weight is 230 g/mol. The van der Waals surface area contributed by atoms with E-state index in [4.69, 9.17) is 9.47 Å². The van der Waals surface area contributed by atoms with E-state index >= 15 is 0 Å². The van der Waals surface area contributed by atoms with Crippen LogP contribution in [0.2, 0.25) is 0 Å². The van der Waals surface area contributed by atoms with E-state index in [0.29, 0.717) is 25.7 Å². The highest BCUT2D eigenvalue weighted by Gasteiger charge is 2.12. The van der Waals surface area contributed by atoms with Gasteiger partial charge in [-0.15, -0.1) is 0 Å². The fraction of sp³-hybridized carbons (Fsp3) is 0.909. The molecule has 1 aliphatic heterocycles. The van der Waals surface area contributed by atoms with Crippen LogP contribution in [0, 0.1) is 0 Å². The number of rotatable bonds is 6. The molecule has 1 amide bonds. The van der Waals surface area contributed by atoms with Crippen LogP contribution < -0.4 is 10.6 Å². The third-order valence-electron chi connectivity index (χ3n) is 2.63. The summed E-state index contributed by atoms with van der Waals surface area (Å²) >= 11 is 0. The quantitative estimate of drug-likeness (QED) is 0.626. The molecular formula is C11H22N2O3. The van der Waals surface area contributed by atoms with Crippen molar-refractivity contribution in [2.75, 3.05) is 40.0 Å². The lowest BCUT2D eigenvalue weighted by Crippen LogP contribution is -2.40. The summed E-state index contributed by atoms with van der Waals surface area (Å²) in [7, 11) is 1.62. The van der Waals surface area contributed by atoms with Crippen LogP contribution in [-0.2, 0) is 14.3 Å². The minimum atomic E-state index is 0.0298. The van der Waals surface area contributed by atoms with Crippen molar-refractivity contribution in [3.05, 3.63) is 0 Å². The molecule has 2 N–H and O–H groups in total. The zero-order valence-corrected chi connectivity index (χ0v) is 9.96. The van der Waals surface area contributed by atoms with Gasteiger partial charge < -0.3 is 20.1 Å². The van der Waals surface area contributed by atoms with Gasteiger partial charge in [-0.3, -0.25) is 4.79 Å². The van der Waals surface area contributed by atoms with E-state index in [0.717, 1.165) is 32.5 Å². The van der Waals surface area contributed by atoms with Gasteiger partial charge in [-0.1, -0.05) is 0 Å². The Hall–Kier alpha value is -0.650. The van der Waals surface area contributed by atoms with Crippen LogP contribution in [0.25, 0.3) is 0 Å². The monoisotopic (exact) mass is 230 g/mol. The first-order valence-electron chi connectivity index (χ1n) is 5.89. The molecule has 1 saturated heterocycles. The van der Waals surface area contributed by atoms with Crippen LogP contribution in [0.15, 0.2) is 0 Å². The maximum absolute atomic E-state index is 11.4. The first-order chi connectivity index (χ1) is 7.83. The Balaban J connectivity index is 2.05. The summed E-state index contributed by atoms with van der Waals surface area (Å²) in [6, 6.07) is 0.413. The second-order valence-corrected chi connectivity index (χ2v) is 3.96. The van der Waals surface area contributed by atoms with Crippen LogP contribution in [0.1, 0.15) is 19.3 Å². The Morgan fingerprint density at radius 1 is 1.44 bits per heavy atom. The Kier molecular flexibility index (Phi) is 7.12. The smallest absolute Gasteiger partial charge is 0.234 e. The van der Waals surface area contributed by atoms with Gasteiger partial charge >= 0.3 is 0 Å². The fourth-order valence-corrected chi connectivity index (χ4v) is 1.70. The minimum Gasteiger partial charge on any atom is -0.383 e. The van der Waals surface area contributed by atoms with E-state index in [1.54, 1.807) is 7.11 Å². The predicted molar refractivity (Wildman–Crippen MR) is 61.3 cm³/mol. The van der Waals surface area contributed by atoms with Gasteiger partial charge in [-0.05, 0) is 19.3 Å². The molecule has 5 heteroatoms. The van der Waals surface area contributed by atoms with Crippen LogP contribution in [-0.4, -0.2) is 52.0 Å². The lowest BCUT2D eigenvalue weighted by Gasteiger charge is -2.15. The minimum absolute atomic E-state index is 0.0298. The number of amides is 1. The number of methoxy groups -OCH3 is 1. The summed E-state index contributed by atoms with van der Waals surface area (Å²) in [6.07, 6.45) is 3.15. The molecular weight excluding hydrogens is 208 g/mol. The van der Waals surface area contributed by atoms with Gasteiger partial charge in [0, 0.05) is 32.9 Å². The molecule has 1 heterocycles. The lowest BCUT2D eigenvalue weighted by molar-refractivity contribution is -0.120. The molecule has 0 aromatic rings. The van der Waals surface area contributed by atoms with Gasteiger partial charge in [-0.25, -0.2) is 0 Å². The molecule has 94 valence electrons. The van der Waals surface area contributed by atoms with Crippen molar-refractivity contribution in [2.24, 2.45) is 0 Å². The first kappa shape index (κ1) is 13.4. The van der Waals surface area contributed by atoms with Gasteiger partial charge in [-0.2, -0.15) is 0 Å². The topological polar surface area (TPSA) is 59.6 Å². The van der Waals surface area contributed by atoms with Crippen molar-refractivity contribution in [1.29, 1.82) is 0 Å². The maximum atomic E-state index is 11.4. The third kappa shape index (κ3) is 6.05. The largest absolute Gasteiger partial charge is 0.383 e. The molecule has 16 heavy (non-hydrogen) atoms. The number of carbonyl (C=O) groups excluding carboxylic acids is 1. The van der Waals surface area contributed by atoms with Crippen LogP contribution in [0.4, 0.5) is 0 Å². The molecule has 1 rings (SSSR count). The molecule has 0 aromatic heterocycles. The SMILES string of the molecule is COCCNC(=O)CNC1CCCOCC1. The van der Waals surface area contributed by atoms with Crippen molar-refractivity contribution >= 4 is 5.91 Å². The van der Waals surface area contributed by atoms with Crippen molar-refractivity contribution in [3.63, 3.8) is 0 Å². The average Bonchev–Trinajstić information content (AvgIpc) is 2.55. The second kappa shape index (κ2) is 8.50. The normalized spacial score (nSPS) is 21.4. The predicted octanol–water partition coefficient (Wildman–Crippen LogP) is -0.0923. The van der Waals surface area contributed by atoms with Crippen LogP contribution in [0.3, 0.4) is 0 Å². The molecule has 0 bridgehead atoms. The molecule has 1 fully saturated rings. The summed E-state index contributed by atoms with van der Waals surface area (Å²) in [4.78, 5) is 11.4.